The first-order valence-electron chi connectivity index (χ1n) is 3.40. The van der Waals surface area contributed by atoms with E-state index in [1.54, 1.807) is 26.2 Å². The molecule has 0 aliphatic rings. The summed E-state index contributed by atoms with van der Waals surface area (Å²) >= 11 is 0. The molecule has 0 aliphatic carbocycles. The number of nitrogens with two attached hydrogens (primary N) is 1. The number of hydrogen-bond donors (Lipinski definition) is 1. The van der Waals surface area contributed by atoms with Crippen molar-refractivity contribution in [3.63, 3.8) is 0 Å². The minimum absolute atomic E-state index is 0.0787. The predicted molar refractivity (Wildman–Crippen MR) is 41.2 cm³/mol. The Bertz CT molecular complexity index is 264. The van der Waals surface area contributed by atoms with Gasteiger partial charge in [-0.05, 0) is 13.0 Å². The van der Waals surface area contributed by atoms with Crippen LogP contribution in [0, 0.1) is 0 Å². The van der Waals surface area contributed by atoms with Crippen LogP contribution in [0.15, 0.2) is 12.3 Å². The van der Waals surface area contributed by atoms with Crippen molar-refractivity contribution in [2.45, 2.75) is 13.0 Å². The van der Waals surface area contributed by atoms with Crippen LogP contribution in [-0.2, 0) is 7.05 Å². The Kier molecular flexibility index (Phi) is 2.05. The second-order valence-electron chi connectivity index (χ2n) is 2.49. The minimum atomic E-state index is -0.453. The van der Waals surface area contributed by atoms with E-state index in [1.807, 2.05) is 0 Å². The molecule has 0 fully saturated rings. The predicted octanol–water partition coefficient (Wildman–Crippen LogP) is -0.0500. The molecule has 0 unspecified atom stereocenters. The number of rotatable bonds is 2. The van der Waals surface area contributed by atoms with Gasteiger partial charge < -0.3 is 5.73 Å². The molecule has 1 atom stereocenters. The van der Waals surface area contributed by atoms with Crippen molar-refractivity contribution < 1.29 is 4.79 Å². The molecule has 0 amide bonds. The van der Waals surface area contributed by atoms with E-state index in [2.05, 4.69) is 5.10 Å². The molecule has 0 saturated carbocycles. The summed E-state index contributed by atoms with van der Waals surface area (Å²) in [6.07, 6.45) is 1.58. The quantitative estimate of drug-likeness (QED) is 0.606. The zero-order chi connectivity index (χ0) is 8.43. The summed E-state index contributed by atoms with van der Waals surface area (Å²) < 4.78 is 1.52. The van der Waals surface area contributed by atoms with Crippen molar-refractivity contribution in [3.05, 3.63) is 18.0 Å². The zero-order valence-corrected chi connectivity index (χ0v) is 6.61. The van der Waals surface area contributed by atoms with Crippen molar-refractivity contribution in [2.24, 2.45) is 12.8 Å². The largest absolute Gasteiger partial charge is 0.321 e. The lowest BCUT2D eigenvalue weighted by Crippen LogP contribution is -2.28. The van der Waals surface area contributed by atoms with Crippen molar-refractivity contribution in [2.75, 3.05) is 0 Å². The van der Waals surface area contributed by atoms with Crippen molar-refractivity contribution in [1.29, 1.82) is 0 Å². The van der Waals surface area contributed by atoms with E-state index in [4.69, 9.17) is 5.73 Å². The summed E-state index contributed by atoms with van der Waals surface area (Å²) in [7, 11) is 1.72. The highest BCUT2D eigenvalue weighted by Crippen LogP contribution is 1.99. The Labute approximate surface area is 65.0 Å². The molecule has 60 valence electrons. The highest BCUT2D eigenvalue weighted by atomic mass is 16.1. The summed E-state index contributed by atoms with van der Waals surface area (Å²) in [5.74, 6) is -0.0787. The molecule has 1 aromatic rings. The molecule has 0 aromatic carbocycles. The molecule has 4 heteroatoms. The maximum atomic E-state index is 11.2. The molecular weight excluding hydrogens is 142 g/mol. The van der Waals surface area contributed by atoms with E-state index in [1.165, 1.54) is 4.68 Å². The van der Waals surface area contributed by atoms with E-state index in [0.717, 1.165) is 0 Å². The van der Waals surface area contributed by atoms with Crippen LogP contribution >= 0.6 is 0 Å². The van der Waals surface area contributed by atoms with Crippen LogP contribution in [0.1, 0.15) is 17.4 Å². The van der Waals surface area contributed by atoms with Crippen LogP contribution < -0.4 is 5.73 Å². The van der Waals surface area contributed by atoms with Gasteiger partial charge in [-0.1, -0.05) is 0 Å². The number of aryl methyl sites for hydroxylation is 1. The van der Waals surface area contributed by atoms with Crippen LogP contribution in [0.3, 0.4) is 0 Å². The molecule has 0 radical (unpaired) electrons. The molecule has 0 bridgehead atoms. The standard InChI is InChI=1S/C7H11N3O/c1-5(8)7(11)6-3-4-9-10(6)2/h3-5H,8H2,1-2H3/t5-/m1/s1. The highest BCUT2D eigenvalue weighted by molar-refractivity contribution is 5.98. The summed E-state index contributed by atoms with van der Waals surface area (Å²) in [6.45, 7) is 1.66. The van der Waals surface area contributed by atoms with Gasteiger partial charge in [-0.3, -0.25) is 9.48 Å². The van der Waals surface area contributed by atoms with Crippen LogP contribution in [0.4, 0.5) is 0 Å². The van der Waals surface area contributed by atoms with Crippen LogP contribution in [-0.4, -0.2) is 21.6 Å². The third-order valence-electron chi connectivity index (χ3n) is 1.49. The Balaban J connectivity index is 2.93. The van der Waals surface area contributed by atoms with E-state index >= 15 is 0 Å². The van der Waals surface area contributed by atoms with Gasteiger partial charge in [0.1, 0.15) is 5.69 Å². The fourth-order valence-electron chi connectivity index (χ4n) is 0.849. The van der Waals surface area contributed by atoms with Gasteiger partial charge in [0.15, 0.2) is 5.78 Å². The van der Waals surface area contributed by atoms with Gasteiger partial charge in [0, 0.05) is 13.2 Å². The molecule has 0 aliphatic heterocycles. The van der Waals surface area contributed by atoms with Gasteiger partial charge in [0.25, 0.3) is 0 Å². The maximum Gasteiger partial charge on any atom is 0.197 e. The third kappa shape index (κ3) is 1.46. The van der Waals surface area contributed by atoms with E-state index in [9.17, 15) is 4.79 Å². The summed E-state index contributed by atoms with van der Waals surface area (Å²) in [5.41, 5.74) is 5.96. The van der Waals surface area contributed by atoms with E-state index in [-0.39, 0.29) is 5.78 Å². The number of Topliss-reactive ketones (excluding diaryl/α,β-unsaturated/α-hetero) is 1. The topological polar surface area (TPSA) is 60.9 Å². The average molecular weight is 153 g/mol. The number of ketones is 1. The second-order valence-corrected chi connectivity index (χ2v) is 2.49. The third-order valence-corrected chi connectivity index (χ3v) is 1.49. The molecule has 4 nitrogen and oxygen atoms in total. The lowest BCUT2D eigenvalue weighted by Gasteiger charge is -2.02. The molecule has 2 N–H and O–H groups in total. The lowest BCUT2D eigenvalue weighted by molar-refractivity contribution is 0.0958. The molecular formula is C7H11N3O. The maximum absolute atomic E-state index is 11.2. The van der Waals surface area contributed by atoms with Crippen molar-refractivity contribution >= 4 is 5.78 Å². The first kappa shape index (κ1) is 7.94. The smallest absolute Gasteiger partial charge is 0.197 e. The number of carbonyl (C=O) groups excluding carboxylic acids is 1. The van der Waals surface area contributed by atoms with E-state index < -0.39 is 6.04 Å². The molecule has 0 spiro atoms. The second kappa shape index (κ2) is 2.84. The first-order valence-corrected chi connectivity index (χ1v) is 3.40. The molecule has 1 heterocycles. The van der Waals surface area contributed by atoms with Gasteiger partial charge >= 0.3 is 0 Å². The molecule has 1 aromatic heterocycles. The van der Waals surface area contributed by atoms with Gasteiger partial charge in [-0.2, -0.15) is 5.10 Å². The highest BCUT2D eigenvalue weighted by Gasteiger charge is 2.13. The number of nitrogens with zero attached hydrogens (tertiary/aromatic N) is 2. The van der Waals surface area contributed by atoms with Crippen molar-refractivity contribution in [3.8, 4) is 0 Å². The van der Waals surface area contributed by atoms with Gasteiger partial charge in [-0.25, -0.2) is 0 Å². The summed E-state index contributed by atoms with van der Waals surface area (Å²) in [4.78, 5) is 11.2. The van der Waals surface area contributed by atoms with Crippen LogP contribution in [0.2, 0.25) is 0 Å². The Morgan fingerprint density at radius 2 is 2.45 bits per heavy atom. The van der Waals surface area contributed by atoms with Crippen molar-refractivity contribution in [1.82, 2.24) is 9.78 Å². The summed E-state index contributed by atoms with van der Waals surface area (Å²) in [5, 5.41) is 3.86. The summed E-state index contributed by atoms with van der Waals surface area (Å²) in [6, 6.07) is 1.21. The number of carbonyl (C=O) groups is 1. The van der Waals surface area contributed by atoms with Crippen LogP contribution in [0.5, 0.6) is 0 Å². The SMILES string of the molecule is C[C@@H](N)C(=O)c1ccnn1C. The Hall–Kier alpha value is -1.16. The number of aromatic nitrogens is 2. The molecule has 1 rings (SSSR count). The Morgan fingerprint density at radius 1 is 1.82 bits per heavy atom. The lowest BCUT2D eigenvalue weighted by atomic mass is 10.2. The normalized spacial score (nSPS) is 13.0. The van der Waals surface area contributed by atoms with Crippen LogP contribution in [0.25, 0.3) is 0 Å². The number of hydrogen-bond acceptors (Lipinski definition) is 3. The minimum Gasteiger partial charge on any atom is -0.321 e. The van der Waals surface area contributed by atoms with E-state index in [0.29, 0.717) is 5.69 Å². The van der Waals surface area contributed by atoms with Gasteiger partial charge in [-0.15, -0.1) is 0 Å². The van der Waals surface area contributed by atoms with Gasteiger partial charge in [0.05, 0.1) is 6.04 Å². The first-order chi connectivity index (χ1) is 5.13. The monoisotopic (exact) mass is 153 g/mol. The van der Waals surface area contributed by atoms with Gasteiger partial charge in [0.2, 0.25) is 0 Å². The molecule has 11 heavy (non-hydrogen) atoms. The average Bonchev–Trinajstić information content (AvgIpc) is 2.33. The molecule has 0 saturated heterocycles. The fourth-order valence-corrected chi connectivity index (χ4v) is 0.849. The zero-order valence-electron chi connectivity index (χ0n) is 6.61. The Morgan fingerprint density at radius 3 is 2.82 bits per heavy atom. The fraction of sp³-hybridized carbons (Fsp3) is 0.429.